The molecule has 1 radical (unpaired) electrons. The van der Waals surface area contributed by atoms with Crippen LogP contribution >= 0.6 is 0 Å². The molecule has 0 N–H and O–H groups in total. The summed E-state index contributed by atoms with van der Waals surface area (Å²) in [4.78, 5) is 14.0. The van der Waals surface area contributed by atoms with E-state index < -0.39 is 15.9 Å². The van der Waals surface area contributed by atoms with Gasteiger partial charge in [0.15, 0.2) is 0 Å². The number of ether oxygens (including phenoxy) is 1. The van der Waals surface area contributed by atoms with E-state index in [0.29, 0.717) is 0 Å². The summed E-state index contributed by atoms with van der Waals surface area (Å²) in [6.45, 7) is 0.418. The molecular weight excluding hydrogens is 302 g/mol. The summed E-state index contributed by atoms with van der Waals surface area (Å²) >= 11 is 0. The van der Waals surface area contributed by atoms with E-state index >= 15 is 0 Å². The van der Waals surface area contributed by atoms with E-state index in [0.717, 1.165) is 24.8 Å². The largest absolute Gasteiger partial charge is 0.445 e. The van der Waals surface area contributed by atoms with Crippen molar-refractivity contribution in [2.75, 3.05) is 18.6 Å². The Morgan fingerprint density at radius 2 is 1.86 bits per heavy atom. The highest BCUT2D eigenvalue weighted by Crippen LogP contribution is 2.62. The predicted octanol–water partition coefficient (Wildman–Crippen LogP) is 2.18. The lowest BCUT2D eigenvalue weighted by molar-refractivity contribution is -0.0438. The monoisotopic (exact) mass is 322 g/mol. The third-order valence-corrected chi connectivity index (χ3v) is 5.35. The maximum absolute atomic E-state index is 12.4. The van der Waals surface area contributed by atoms with Crippen molar-refractivity contribution < 1.29 is 17.9 Å². The van der Waals surface area contributed by atoms with Crippen LogP contribution in [0.4, 0.5) is 4.79 Å². The van der Waals surface area contributed by atoms with Crippen molar-refractivity contribution in [2.24, 2.45) is 0 Å². The highest BCUT2D eigenvalue weighted by Gasteiger charge is 2.62. The molecule has 0 heterocycles. The lowest BCUT2D eigenvalue weighted by Gasteiger charge is -2.65. The Bertz CT molecular complexity index is 639. The molecule has 0 unspecified atom stereocenters. The maximum atomic E-state index is 12.4. The molecule has 3 saturated carbocycles. The highest BCUT2D eigenvalue weighted by atomic mass is 32.2. The van der Waals surface area contributed by atoms with E-state index in [4.69, 9.17) is 4.74 Å². The van der Waals surface area contributed by atoms with Gasteiger partial charge in [-0.15, -0.1) is 0 Å². The normalized spacial score (nSPS) is 19.0. The first-order valence-corrected chi connectivity index (χ1v) is 9.44. The van der Waals surface area contributed by atoms with Gasteiger partial charge in [-0.05, 0) is 30.7 Å². The maximum Gasteiger partial charge on any atom is 0.410 e. The van der Waals surface area contributed by atoms with Crippen LogP contribution in [0, 0.1) is 5.92 Å². The topological polar surface area (TPSA) is 63.7 Å². The Labute approximate surface area is 131 Å². The molecule has 3 aliphatic carbocycles. The smallest absolute Gasteiger partial charge is 0.410 e. The minimum Gasteiger partial charge on any atom is -0.445 e. The number of amides is 1. The predicted molar refractivity (Wildman–Crippen MR) is 82.9 cm³/mol. The number of sulfone groups is 1. The van der Waals surface area contributed by atoms with Gasteiger partial charge in [-0.25, -0.2) is 13.2 Å². The molecule has 0 spiro atoms. The molecular formula is C16H20NO4S. The van der Waals surface area contributed by atoms with E-state index in [9.17, 15) is 13.2 Å². The van der Waals surface area contributed by atoms with Crippen LogP contribution in [-0.4, -0.2) is 43.5 Å². The third kappa shape index (κ3) is 3.11. The first-order chi connectivity index (χ1) is 10.4. The Morgan fingerprint density at radius 3 is 2.36 bits per heavy atom. The van der Waals surface area contributed by atoms with E-state index in [1.807, 2.05) is 30.3 Å². The fourth-order valence-corrected chi connectivity index (χ4v) is 3.62. The fourth-order valence-electron chi connectivity index (χ4n) is 3.10. The van der Waals surface area contributed by atoms with Gasteiger partial charge < -0.3 is 9.64 Å². The van der Waals surface area contributed by atoms with Crippen LogP contribution in [0.15, 0.2) is 30.3 Å². The van der Waals surface area contributed by atoms with Crippen molar-refractivity contribution >= 4 is 15.9 Å². The molecule has 1 aromatic rings. The summed E-state index contributed by atoms with van der Waals surface area (Å²) in [5.41, 5.74) is 0.749. The molecule has 3 aliphatic rings. The number of benzene rings is 1. The number of hydrogen-bond acceptors (Lipinski definition) is 4. The first-order valence-electron chi connectivity index (χ1n) is 7.38. The molecule has 1 amide bonds. The average Bonchev–Trinajstić information content (AvgIpc) is 2.37. The van der Waals surface area contributed by atoms with Gasteiger partial charge >= 0.3 is 6.09 Å². The molecule has 2 bridgehead atoms. The number of carbonyl (C=O) groups is 1. The summed E-state index contributed by atoms with van der Waals surface area (Å²) in [6, 6.07) is 9.48. The third-order valence-electron chi connectivity index (χ3n) is 4.42. The van der Waals surface area contributed by atoms with Crippen molar-refractivity contribution in [1.82, 2.24) is 4.90 Å². The molecule has 0 aromatic heterocycles. The van der Waals surface area contributed by atoms with Crippen LogP contribution in [0.3, 0.4) is 0 Å². The minimum atomic E-state index is -3.10. The quantitative estimate of drug-likeness (QED) is 0.805. The SMILES string of the molecule is CS(=O)(=O)CCN(C(=O)OCc1ccccc1)C12C[C](C1)C2. The summed E-state index contributed by atoms with van der Waals surface area (Å²) < 4.78 is 28.2. The summed E-state index contributed by atoms with van der Waals surface area (Å²) in [6.07, 6.45) is 3.48. The average molecular weight is 322 g/mol. The second-order valence-corrected chi connectivity index (χ2v) is 8.59. The summed E-state index contributed by atoms with van der Waals surface area (Å²) in [5, 5.41) is 0. The molecule has 22 heavy (non-hydrogen) atoms. The van der Waals surface area contributed by atoms with E-state index in [-0.39, 0.29) is 24.4 Å². The van der Waals surface area contributed by atoms with Gasteiger partial charge in [0, 0.05) is 18.3 Å². The van der Waals surface area contributed by atoms with Crippen molar-refractivity contribution in [2.45, 2.75) is 31.4 Å². The Balaban J connectivity index is 1.62. The van der Waals surface area contributed by atoms with Crippen molar-refractivity contribution in [3.8, 4) is 0 Å². The molecule has 6 heteroatoms. The lowest BCUT2D eigenvalue weighted by Crippen LogP contribution is -2.69. The molecule has 3 fully saturated rings. The van der Waals surface area contributed by atoms with E-state index in [2.05, 4.69) is 0 Å². The molecule has 5 nitrogen and oxygen atoms in total. The molecule has 4 rings (SSSR count). The number of hydrogen-bond donors (Lipinski definition) is 0. The Morgan fingerprint density at radius 1 is 1.23 bits per heavy atom. The lowest BCUT2D eigenvalue weighted by atomic mass is 9.49. The standard InChI is InChI=1S/C16H20NO4S/c1-22(19,20)8-7-17(16-9-14(10-16)11-16)15(18)21-12-13-5-3-2-4-6-13/h2-6H,7-12H2,1H3. The zero-order valence-corrected chi connectivity index (χ0v) is 13.4. The van der Waals surface area contributed by atoms with Crippen LogP contribution in [0.2, 0.25) is 0 Å². The van der Waals surface area contributed by atoms with Crippen LogP contribution in [0.1, 0.15) is 24.8 Å². The van der Waals surface area contributed by atoms with E-state index in [1.165, 1.54) is 12.2 Å². The van der Waals surface area contributed by atoms with Crippen molar-refractivity contribution in [3.63, 3.8) is 0 Å². The Hall–Kier alpha value is -1.56. The second-order valence-electron chi connectivity index (χ2n) is 6.33. The number of rotatable bonds is 6. The van der Waals surface area contributed by atoms with Gasteiger partial charge in [0.05, 0.1) is 5.75 Å². The molecule has 0 atom stereocenters. The summed E-state index contributed by atoms with van der Waals surface area (Å²) in [5.74, 6) is 1.44. The van der Waals surface area contributed by atoms with Gasteiger partial charge in [0.25, 0.3) is 0 Å². The zero-order valence-electron chi connectivity index (χ0n) is 12.6. The van der Waals surface area contributed by atoms with Crippen molar-refractivity contribution in [1.29, 1.82) is 0 Å². The fraction of sp³-hybridized carbons (Fsp3) is 0.500. The number of nitrogens with zero attached hydrogens (tertiary/aromatic N) is 1. The highest BCUT2D eigenvalue weighted by molar-refractivity contribution is 7.90. The Kier molecular flexibility index (Phi) is 3.89. The van der Waals surface area contributed by atoms with Crippen LogP contribution in [0.25, 0.3) is 0 Å². The van der Waals surface area contributed by atoms with Gasteiger partial charge in [-0.1, -0.05) is 30.3 Å². The molecule has 0 aliphatic heterocycles. The van der Waals surface area contributed by atoms with Gasteiger partial charge in [-0.3, -0.25) is 0 Å². The van der Waals surface area contributed by atoms with Gasteiger partial charge in [0.2, 0.25) is 0 Å². The van der Waals surface area contributed by atoms with Crippen molar-refractivity contribution in [3.05, 3.63) is 41.8 Å². The molecule has 119 valence electrons. The number of carbonyl (C=O) groups excluding carboxylic acids is 1. The van der Waals surface area contributed by atoms with Gasteiger partial charge in [0.1, 0.15) is 16.4 Å². The zero-order chi connectivity index (χ0) is 15.8. The van der Waals surface area contributed by atoms with Crippen LogP contribution in [0.5, 0.6) is 0 Å². The van der Waals surface area contributed by atoms with Crippen LogP contribution < -0.4 is 0 Å². The molecule has 1 aromatic carbocycles. The summed E-state index contributed by atoms with van der Waals surface area (Å²) in [7, 11) is -3.10. The second kappa shape index (κ2) is 5.57. The first kappa shape index (κ1) is 15.3. The molecule has 0 saturated heterocycles. The van der Waals surface area contributed by atoms with E-state index in [1.54, 1.807) is 4.90 Å². The van der Waals surface area contributed by atoms with Gasteiger partial charge in [-0.2, -0.15) is 0 Å². The van der Waals surface area contributed by atoms with Crippen LogP contribution in [-0.2, 0) is 21.2 Å². The minimum absolute atomic E-state index is 0.0233.